The Morgan fingerprint density at radius 3 is 2.36 bits per heavy atom. The van der Waals surface area contributed by atoms with Crippen LogP contribution in [0.1, 0.15) is 5.56 Å². The van der Waals surface area contributed by atoms with Gasteiger partial charge in [0.15, 0.2) is 0 Å². The zero-order chi connectivity index (χ0) is 20.1. The quantitative estimate of drug-likeness (QED) is 0.742. The topological polar surface area (TPSA) is 61.9 Å². The normalized spacial score (nSPS) is 15.6. The number of aryl methyl sites for hydroxylation is 1. The van der Waals surface area contributed by atoms with Crippen molar-refractivity contribution in [1.29, 1.82) is 0 Å². The van der Waals surface area contributed by atoms with Crippen molar-refractivity contribution in [1.82, 2.24) is 9.62 Å². The summed E-state index contributed by atoms with van der Waals surface area (Å²) in [5.41, 5.74) is 2.03. The molecule has 1 aliphatic heterocycles. The van der Waals surface area contributed by atoms with Gasteiger partial charge in [0.1, 0.15) is 5.75 Å². The maximum absolute atomic E-state index is 12.4. The standard InChI is InChI=1S/C20H26ClN3O3S/c1-16-3-8-19(15-20(16)21)28(25,26)22-9-10-23-11-13-24(14-12-23)17-4-6-18(27-2)7-5-17/h3-8,15,22H,9-14H2,1-2H3. The van der Waals surface area contributed by atoms with Crippen LogP contribution in [0.2, 0.25) is 5.02 Å². The van der Waals surface area contributed by atoms with Crippen LogP contribution in [0.15, 0.2) is 47.4 Å². The van der Waals surface area contributed by atoms with Gasteiger partial charge in [-0.05, 0) is 48.9 Å². The van der Waals surface area contributed by atoms with Gasteiger partial charge in [-0.2, -0.15) is 0 Å². The molecule has 1 aliphatic rings. The zero-order valence-corrected chi connectivity index (χ0v) is 17.8. The Morgan fingerprint density at radius 1 is 1.07 bits per heavy atom. The SMILES string of the molecule is COc1ccc(N2CCN(CCNS(=O)(=O)c3ccc(C)c(Cl)c3)CC2)cc1. The third-order valence-corrected chi connectivity index (χ3v) is 6.85. The van der Waals surface area contributed by atoms with E-state index in [4.69, 9.17) is 16.3 Å². The third kappa shape index (κ3) is 5.17. The minimum atomic E-state index is -3.54. The van der Waals surface area contributed by atoms with E-state index in [-0.39, 0.29) is 4.90 Å². The summed E-state index contributed by atoms with van der Waals surface area (Å²) in [5, 5.41) is 0.456. The number of anilines is 1. The molecule has 0 spiro atoms. The van der Waals surface area contributed by atoms with Crippen molar-refractivity contribution >= 4 is 27.3 Å². The van der Waals surface area contributed by atoms with E-state index in [1.807, 2.05) is 19.1 Å². The molecule has 6 nitrogen and oxygen atoms in total. The van der Waals surface area contributed by atoms with Gasteiger partial charge in [0.2, 0.25) is 10.0 Å². The van der Waals surface area contributed by atoms with Crippen LogP contribution in [0, 0.1) is 6.92 Å². The molecule has 0 atom stereocenters. The molecular formula is C20H26ClN3O3S. The molecule has 152 valence electrons. The molecule has 1 heterocycles. The lowest BCUT2D eigenvalue weighted by Crippen LogP contribution is -2.48. The number of hydrogen-bond donors (Lipinski definition) is 1. The van der Waals surface area contributed by atoms with Crippen LogP contribution >= 0.6 is 11.6 Å². The van der Waals surface area contributed by atoms with Gasteiger partial charge in [0.05, 0.1) is 12.0 Å². The lowest BCUT2D eigenvalue weighted by Gasteiger charge is -2.36. The van der Waals surface area contributed by atoms with Crippen molar-refractivity contribution in [2.24, 2.45) is 0 Å². The Balaban J connectivity index is 1.46. The first-order chi connectivity index (χ1) is 13.4. The highest BCUT2D eigenvalue weighted by atomic mass is 35.5. The summed E-state index contributed by atoms with van der Waals surface area (Å²) in [6.07, 6.45) is 0. The van der Waals surface area contributed by atoms with Crippen LogP contribution in [0.4, 0.5) is 5.69 Å². The number of ether oxygens (including phenoxy) is 1. The Bertz CT molecular complexity index is 895. The molecule has 28 heavy (non-hydrogen) atoms. The molecule has 2 aromatic carbocycles. The van der Waals surface area contributed by atoms with E-state index in [0.29, 0.717) is 18.1 Å². The van der Waals surface area contributed by atoms with Crippen LogP contribution in [0.5, 0.6) is 5.75 Å². The summed E-state index contributed by atoms with van der Waals surface area (Å²) in [6.45, 7) is 6.50. The summed E-state index contributed by atoms with van der Waals surface area (Å²) in [5.74, 6) is 0.851. The first-order valence-corrected chi connectivity index (χ1v) is 11.1. The summed E-state index contributed by atoms with van der Waals surface area (Å²) in [6, 6.07) is 12.9. The van der Waals surface area contributed by atoms with Gasteiger partial charge in [-0.1, -0.05) is 17.7 Å². The number of halogens is 1. The number of rotatable bonds is 7. The second-order valence-electron chi connectivity index (χ2n) is 6.84. The molecule has 1 N–H and O–H groups in total. The van der Waals surface area contributed by atoms with Gasteiger partial charge in [-0.25, -0.2) is 13.1 Å². The molecule has 0 amide bonds. The fourth-order valence-corrected chi connectivity index (χ4v) is 4.48. The van der Waals surface area contributed by atoms with Crippen molar-refractivity contribution in [2.45, 2.75) is 11.8 Å². The molecule has 0 bridgehead atoms. The number of nitrogens with zero attached hydrogens (tertiary/aromatic N) is 2. The van der Waals surface area contributed by atoms with Gasteiger partial charge < -0.3 is 9.64 Å². The second kappa shape index (κ2) is 9.13. The summed E-state index contributed by atoms with van der Waals surface area (Å²) in [7, 11) is -1.88. The second-order valence-corrected chi connectivity index (χ2v) is 9.01. The van der Waals surface area contributed by atoms with Gasteiger partial charge in [0, 0.05) is 50.0 Å². The fraction of sp³-hybridized carbons (Fsp3) is 0.400. The molecule has 2 aromatic rings. The van der Waals surface area contributed by atoms with E-state index in [9.17, 15) is 8.42 Å². The largest absolute Gasteiger partial charge is 0.497 e. The van der Waals surface area contributed by atoms with Crippen LogP contribution in [0.3, 0.4) is 0 Å². The first-order valence-electron chi connectivity index (χ1n) is 9.26. The average molecular weight is 424 g/mol. The number of piperazine rings is 1. The van der Waals surface area contributed by atoms with Crippen molar-refractivity contribution in [3.8, 4) is 5.75 Å². The van der Waals surface area contributed by atoms with Crippen molar-refractivity contribution in [3.05, 3.63) is 53.1 Å². The molecule has 8 heteroatoms. The molecule has 0 saturated carbocycles. The summed E-state index contributed by atoms with van der Waals surface area (Å²) < 4.78 is 32.7. The first kappa shape index (κ1) is 20.9. The molecular weight excluding hydrogens is 398 g/mol. The van der Waals surface area contributed by atoms with E-state index in [1.54, 1.807) is 19.2 Å². The highest BCUT2D eigenvalue weighted by Crippen LogP contribution is 2.21. The van der Waals surface area contributed by atoms with E-state index in [0.717, 1.165) is 37.5 Å². The molecule has 0 aromatic heterocycles. The highest BCUT2D eigenvalue weighted by Gasteiger charge is 2.19. The fourth-order valence-electron chi connectivity index (χ4n) is 3.18. The van der Waals surface area contributed by atoms with Gasteiger partial charge in [-0.3, -0.25) is 4.90 Å². The molecule has 0 unspecified atom stereocenters. The van der Waals surface area contributed by atoms with E-state index >= 15 is 0 Å². The van der Waals surface area contributed by atoms with Crippen LogP contribution in [-0.4, -0.2) is 59.7 Å². The molecule has 0 aliphatic carbocycles. The Morgan fingerprint density at radius 2 is 1.75 bits per heavy atom. The maximum atomic E-state index is 12.4. The number of nitrogens with one attached hydrogen (secondary N) is 1. The van der Waals surface area contributed by atoms with Crippen LogP contribution in [0.25, 0.3) is 0 Å². The number of benzene rings is 2. The lowest BCUT2D eigenvalue weighted by atomic mass is 10.2. The summed E-state index contributed by atoms with van der Waals surface area (Å²) in [4.78, 5) is 4.80. The molecule has 1 saturated heterocycles. The Hall–Kier alpha value is -1.80. The van der Waals surface area contributed by atoms with Gasteiger partial charge in [0.25, 0.3) is 0 Å². The predicted octanol–water partition coefficient (Wildman–Crippen LogP) is 2.76. The van der Waals surface area contributed by atoms with Crippen molar-refractivity contribution < 1.29 is 13.2 Å². The van der Waals surface area contributed by atoms with Crippen LogP contribution < -0.4 is 14.4 Å². The maximum Gasteiger partial charge on any atom is 0.240 e. The van der Waals surface area contributed by atoms with E-state index in [2.05, 4.69) is 26.7 Å². The Labute approximate surface area is 172 Å². The van der Waals surface area contributed by atoms with E-state index in [1.165, 1.54) is 11.8 Å². The number of sulfonamides is 1. The van der Waals surface area contributed by atoms with Crippen molar-refractivity contribution in [3.63, 3.8) is 0 Å². The minimum absolute atomic E-state index is 0.201. The Kier molecular flexibility index (Phi) is 6.82. The lowest BCUT2D eigenvalue weighted by molar-refractivity contribution is 0.262. The monoisotopic (exact) mass is 423 g/mol. The van der Waals surface area contributed by atoms with Crippen LogP contribution in [-0.2, 0) is 10.0 Å². The molecule has 3 rings (SSSR count). The molecule has 1 fully saturated rings. The average Bonchev–Trinajstić information content (AvgIpc) is 2.70. The summed E-state index contributed by atoms with van der Waals surface area (Å²) >= 11 is 6.04. The molecule has 0 radical (unpaired) electrons. The van der Waals surface area contributed by atoms with Gasteiger partial charge in [-0.15, -0.1) is 0 Å². The van der Waals surface area contributed by atoms with Crippen molar-refractivity contribution in [2.75, 3.05) is 51.3 Å². The highest BCUT2D eigenvalue weighted by molar-refractivity contribution is 7.89. The minimum Gasteiger partial charge on any atom is -0.497 e. The van der Waals surface area contributed by atoms with Gasteiger partial charge >= 0.3 is 0 Å². The number of hydrogen-bond acceptors (Lipinski definition) is 5. The number of methoxy groups -OCH3 is 1. The van der Waals surface area contributed by atoms with E-state index < -0.39 is 10.0 Å². The zero-order valence-electron chi connectivity index (χ0n) is 16.2. The third-order valence-electron chi connectivity index (χ3n) is 4.98. The predicted molar refractivity (Wildman–Crippen MR) is 113 cm³/mol. The smallest absolute Gasteiger partial charge is 0.240 e.